The second-order valence-corrected chi connectivity index (χ2v) is 3.05. The molecule has 0 bridgehead atoms. The zero-order valence-electron chi connectivity index (χ0n) is 7.65. The van der Waals surface area contributed by atoms with Gasteiger partial charge < -0.3 is 5.73 Å². The summed E-state index contributed by atoms with van der Waals surface area (Å²) >= 11 is 0. The van der Waals surface area contributed by atoms with E-state index in [1.807, 2.05) is 0 Å². The molecule has 1 aromatic carbocycles. The predicted molar refractivity (Wildman–Crippen MR) is 50.6 cm³/mol. The Labute approximate surface area is 80.0 Å². The van der Waals surface area contributed by atoms with Gasteiger partial charge in [-0.05, 0) is 24.6 Å². The lowest BCUT2D eigenvalue weighted by molar-refractivity contribution is -0.137. The van der Waals surface area contributed by atoms with Crippen molar-refractivity contribution in [3.05, 3.63) is 35.9 Å². The molecule has 0 unspecified atom stereocenters. The van der Waals surface area contributed by atoms with Gasteiger partial charge in [0.1, 0.15) is 0 Å². The van der Waals surface area contributed by atoms with E-state index in [0.29, 0.717) is 5.57 Å². The summed E-state index contributed by atoms with van der Waals surface area (Å²) in [6, 6.07) is 3.71. The maximum absolute atomic E-state index is 12.5. The molecule has 0 aliphatic rings. The summed E-state index contributed by atoms with van der Waals surface area (Å²) in [6.45, 7) is 4.98. The van der Waals surface area contributed by atoms with Crippen LogP contribution in [-0.2, 0) is 6.18 Å². The van der Waals surface area contributed by atoms with Gasteiger partial charge in [-0.1, -0.05) is 12.6 Å². The Morgan fingerprint density at radius 2 is 1.93 bits per heavy atom. The van der Waals surface area contributed by atoms with Crippen molar-refractivity contribution in [3.63, 3.8) is 0 Å². The van der Waals surface area contributed by atoms with Crippen LogP contribution in [0, 0.1) is 0 Å². The molecule has 0 amide bonds. The van der Waals surface area contributed by atoms with Crippen molar-refractivity contribution < 1.29 is 13.2 Å². The standard InChI is InChI=1S/C10H10F3N/c1-6(2)9-7(10(11,12)13)4-3-5-8(9)14/h3-5H,1,14H2,2H3. The van der Waals surface area contributed by atoms with Crippen molar-refractivity contribution >= 4 is 11.3 Å². The fourth-order valence-electron chi connectivity index (χ4n) is 1.28. The number of rotatable bonds is 1. The van der Waals surface area contributed by atoms with Gasteiger partial charge in [0.05, 0.1) is 5.56 Å². The lowest BCUT2D eigenvalue weighted by atomic mass is 9.99. The van der Waals surface area contributed by atoms with E-state index < -0.39 is 11.7 Å². The number of hydrogen-bond donors (Lipinski definition) is 1. The SMILES string of the molecule is C=C(C)c1c(N)cccc1C(F)(F)F. The highest BCUT2D eigenvalue weighted by atomic mass is 19.4. The van der Waals surface area contributed by atoms with Gasteiger partial charge in [-0.2, -0.15) is 13.2 Å². The maximum Gasteiger partial charge on any atom is 0.417 e. The molecule has 1 aromatic rings. The number of nitrogen functional groups attached to an aromatic ring is 1. The lowest BCUT2D eigenvalue weighted by Gasteiger charge is -2.14. The maximum atomic E-state index is 12.5. The van der Waals surface area contributed by atoms with Crippen molar-refractivity contribution in [2.45, 2.75) is 13.1 Å². The smallest absolute Gasteiger partial charge is 0.398 e. The monoisotopic (exact) mass is 201 g/mol. The van der Waals surface area contributed by atoms with Crippen LogP contribution in [0.1, 0.15) is 18.1 Å². The van der Waals surface area contributed by atoms with E-state index >= 15 is 0 Å². The molecule has 0 radical (unpaired) electrons. The van der Waals surface area contributed by atoms with E-state index in [1.54, 1.807) is 0 Å². The average molecular weight is 201 g/mol. The fourth-order valence-corrected chi connectivity index (χ4v) is 1.28. The third-order valence-corrected chi connectivity index (χ3v) is 1.83. The largest absolute Gasteiger partial charge is 0.417 e. The van der Waals surface area contributed by atoms with Gasteiger partial charge in [-0.15, -0.1) is 0 Å². The molecule has 0 saturated heterocycles. The van der Waals surface area contributed by atoms with Crippen LogP contribution in [0.2, 0.25) is 0 Å². The minimum atomic E-state index is -4.39. The first kappa shape index (κ1) is 10.6. The third-order valence-electron chi connectivity index (χ3n) is 1.83. The highest BCUT2D eigenvalue weighted by Gasteiger charge is 2.33. The quantitative estimate of drug-likeness (QED) is 0.693. The molecule has 0 aliphatic carbocycles. The Balaban J connectivity index is 3.44. The van der Waals surface area contributed by atoms with Gasteiger partial charge in [0.15, 0.2) is 0 Å². The molecule has 0 heterocycles. The molecule has 0 spiro atoms. The van der Waals surface area contributed by atoms with E-state index in [2.05, 4.69) is 6.58 Å². The molecule has 76 valence electrons. The second-order valence-electron chi connectivity index (χ2n) is 3.05. The summed E-state index contributed by atoms with van der Waals surface area (Å²) in [7, 11) is 0. The summed E-state index contributed by atoms with van der Waals surface area (Å²) in [5.41, 5.74) is 5.13. The molecule has 2 N–H and O–H groups in total. The van der Waals surface area contributed by atoms with Crippen molar-refractivity contribution in [3.8, 4) is 0 Å². The van der Waals surface area contributed by atoms with E-state index in [1.165, 1.54) is 19.1 Å². The van der Waals surface area contributed by atoms with Gasteiger partial charge in [0, 0.05) is 11.3 Å². The molecule has 0 aliphatic heterocycles. The normalized spacial score (nSPS) is 11.4. The van der Waals surface area contributed by atoms with Crippen molar-refractivity contribution in [1.29, 1.82) is 0 Å². The van der Waals surface area contributed by atoms with Gasteiger partial charge in [0.2, 0.25) is 0 Å². The summed E-state index contributed by atoms with van der Waals surface area (Å²) in [5, 5.41) is 0. The Morgan fingerprint density at radius 1 is 1.36 bits per heavy atom. The van der Waals surface area contributed by atoms with Crippen molar-refractivity contribution in [2.75, 3.05) is 5.73 Å². The molecule has 0 saturated carbocycles. The molecule has 0 aromatic heterocycles. The molecule has 0 atom stereocenters. The topological polar surface area (TPSA) is 26.0 Å². The molecule has 1 nitrogen and oxygen atoms in total. The summed E-state index contributed by atoms with van der Waals surface area (Å²) in [5.74, 6) is 0. The molecule has 0 fully saturated rings. The zero-order chi connectivity index (χ0) is 10.9. The minimum absolute atomic E-state index is 0.0139. The van der Waals surface area contributed by atoms with E-state index in [9.17, 15) is 13.2 Å². The van der Waals surface area contributed by atoms with Gasteiger partial charge >= 0.3 is 6.18 Å². The third kappa shape index (κ3) is 1.89. The number of nitrogens with two attached hydrogens (primary N) is 1. The number of benzene rings is 1. The molecule has 4 heteroatoms. The van der Waals surface area contributed by atoms with E-state index in [-0.39, 0.29) is 11.3 Å². The van der Waals surface area contributed by atoms with Crippen molar-refractivity contribution in [2.24, 2.45) is 0 Å². The zero-order valence-corrected chi connectivity index (χ0v) is 7.65. The highest BCUT2D eigenvalue weighted by Crippen LogP contribution is 2.36. The first-order valence-corrected chi connectivity index (χ1v) is 3.95. The van der Waals surface area contributed by atoms with Crippen LogP contribution >= 0.6 is 0 Å². The number of anilines is 1. The van der Waals surface area contributed by atoms with E-state index in [0.717, 1.165) is 6.07 Å². The molecular formula is C10H10F3N. The first-order chi connectivity index (χ1) is 6.34. The Hall–Kier alpha value is -1.45. The number of hydrogen-bond acceptors (Lipinski definition) is 1. The van der Waals surface area contributed by atoms with Crippen molar-refractivity contribution in [1.82, 2.24) is 0 Å². The van der Waals surface area contributed by atoms with Crippen LogP contribution in [-0.4, -0.2) is 0 Å². The molecule has 14 heavy (non-hydrogen) atoms. The Morgan fingerprint density at radius 3 is 2.29 bits per heavy atom. The van der Waals surface area contributed by atoms with Crippen LogP contribution in [0.25, 0.3) is 5.57 Å². The van der Waals surface area contributed by atoms with Gasteiger partial charge in [0.25, 0.3) is 0 Å². The fraction of sp³-hybridized carbons (Fsp3) is 0.200. The number of halogens is 3. The van der Waals surface area contributed by atoms with Crippen LogP contribution in [0.5, 0.6) is 0 Å². The molecular weight excluding hydrogens is 191 g/mol. The lowest BCUT2D eigenvalue weighted by Crippen LogP contribution is -2.10. The van der Waals surface area contributed by atoms with Gasteiger partial charge in [-0.3, -0.25) is 0 Å². The first-order valence-electron chi connectivity index (χ1n) is 3.95. The van der Waals surface area contributed by atoms with Gasteiger partial charge in [-0.25, -0.2) is 0 Å². The highest BCUT2D eigenvalue weighted by molar-refractivity contribution is 5.75. The number of alkyl halides is 3. The summed E-state index contributed by atoms with van der Waals surface area (Å²) in [6.07, 6.45) is -4.39. The Bertz CT molecular complexity index is 366. The van der Waals surface area contributed by atoms with Crippen LogP contribution in [0.15, 0.2) is 24.8 Å². The summed E-state index contributed by atoms with van der Waals surface area (Å²) < 4.78 is 37.5. The number of allylic oxidation sites excluding steroid dienone is 1. The minimum Gasteiger partial charge on any atom is -0.398 e. The summed E-state index contributed by atoms with van der Waals surface area (Å²) in [4.78, 5) is 0. The van der Waals surface area contributed by atoms with Crippen LogP contribution < -0.4 is 5.73 Å². The predicted octanol–water partition coefficient (Wildman–Crippen LogP) is 3.32. The van der Waals surface area contributed by atoms with Crippen LogP contribution in [0.4, 0.5) is 18.9 Å². The Kier molecular flexibility index (Phi) is 2.55. The second kappa shape index (κ2) is 3.36. The molecule has 1 rings (SSSR count). The average Bonchev–Trinajstić information content (AvgIpc) is 2.01. The van der Waals surface area contributed by atoms with E-state index in [4.69, 9.17) is 5.73 Å². The van der Waals surface area contributed by atoms with Crippen LogP contribution in [0.3, 0.4) is 0 Å².